The van der Waals surface area contributed by atoms with E-state index in [4.69, 9.17) is 15.2 Å². The number of carbonyl (C=O) groups excluding carboxylic acids is 1. The van der Waals surface area contributed by atoms with E-state index in [9.17, 15) is 4.79 Å². The number of benzene rings is 1. The number of ether oxygens (including phenoxy) is 2. The van der Waals surface area contributed by atoms with Crippen molar-refractivity contribution < 1.29 is 14.3 Å². The summed E-state index contributed by atoms with van der Waals surface area (Å²) in [4.78, 5) is 12.9. The van der Waals surface area contributed by atoms with Gasteiger partial charge in [0.2, 0.25) is 5.91 Å². The van der Waals surface area contributed by atoms with Crippen molar-refractivity contribution in [1.82, 2.24) is 4.57 Å². The number of hydrogen-bond donors (Lipinski definition) is 1. The first-order valence-corrected chi connectivity index (χ1v) is 7.86. The molecule has 0 amide bonds. The normalized spacial score (nSPS) is 21.6. The van der Waals surface area contributed by atoms with Gasteiger partial charge >= 0.3 is 0 Å². The highest BCUT2D eigenvalue weighted by Gasteiger charge is 2.42. The molecule has 2 N–H and O–H groups in total. The van der Waals surface area contributed by atoms with E-state index < -0.39 is 5.79 Å². The van der Waals surface area contributed by atoms with Gasteiger partial charge in [-0.2, -0.15) is 0 Å². The number of rotatable bonds is 1. The summed E-state index contributed by atoms with van der Waals surface area (Å²) in [6.45, 7) is 1.33. The molecule has 2 heterocycles. The smallest absolute Gasteiger partial charge is 0.234 e. The summed E-state index contributed by atoms with van der Waals surface area (Å²) >= 11 is 0. The van der Waals surface area contributed by atoms with Crippen molar-refractivity contribution in [3.8, 4) is 0 Å². The fraction of sp³-hybridized carbons (Fsp3) is 0.471. The molecule has 4 rings (SSSR count). The third-order valence-corrected chi connectivity index (χ3v) is 4.89. The number of fused-ring (bicyclic) bond motifs is 1. The molecule has 2 fully saturated rings. The molecule has 1 spiro atoms. The topological polar surface area (TPSA) is 66.5 Å². The molecule has 0 unspecified atom stereocenters. The predicted octanol–water partition coefficient (Wildman–Crippen LogP) is 2.80. The van der Waals surface area contributed by atoms with Crippen LogP contribution in [0.15, 0.2) is 30.5 Å². The quantitative estimate of drug-likeness (QED) is 0.822. The number of carbonyl (C=O) groups is 1. The van der Waals surface area contributed by atoms with Gasteiger partial charge in [-0.25, -0.2) is 0 Å². The van der Waals surface area contributed by atoms with Crippen LogP contribution in [0.1, 0.15) is 30.5 Å². The second-order valence-electron chi connectivity index (χ2n) is 6.19. The zero-order valence-corrected chi connectivity index (χ0v) is 12.5. The Morgan fingerprint density at radius 3 is 2.64 bits per heavy atom. The van der Waals surface area contributed by atoms with Crippen molar-refractivity contribution in [3.63, 3.8) is 0 Å². The van der Waals surface area contributed by atoms with Crippen molar-refractivity contribution in [1.29, 1.82) is 0 Å². The Morgan fingerprint density at radius 2 is 1.91 bits per heavy atom. The number of hydrogen-bond acceptors (Lipinski definition) is 4. The van der Waals surface area contributed by atoms with Gasteiger partial charge in [0, 0.05) is 30.3 Å². The summed E-state index contributed by atoms with van der Waals surface area (Å²) in [5, 5.41) is 1.00. The zero-order valence-electron chi connectivity index (χ0n) is 12.5. The molecule has 0 bridgehead atoms. The molecule has 22 heavy (non-hydrogen) atoms. The van der Waals surface area contributed by atoms with Crippen LogP contribution in [-0.4, -0.2) is 29.5 Å². The van der Waals surface area contributed by atoms with Crippen LogP contribution in [-0.2, 0) is 9.47 Å². The van der Waals surface area contributed by atoms with E-state index in [0.717, 1.165) is 36.6 Å². The third-order valence-electron chi connectivity index (χ3n) is 4.89. The van der Waals surface area contributed by atoms with E-state index in [0.29, 0.717) is 18.9 Å². The lowest BCUT2D eigenvalue weighted by molar-refractivity contribution is -0.180. The summed E-state index contributed by atoms with van der Waals surface area (Å²) in [7, 11) is 0. The SMILES string of the molecule is Nc1cccc2ccn(C(=O)C3CCC4(CC3)OCCO4)c12. The molecular formula is C17H20N2O3. The molecule has 0 atom stereocenters. The van der Waals surface area contributed by atoms with Gasteiger partial charge in [-0.05, 0) is 25.0 Å². The Hall–Kier alpha value is -1.85. The summed E-state index contributed by atoms with van der Waals surface area (Å²) in [5.41, 5.74) is 7.51. The van der Waals surface area contributed by atoms with E-state index in [1.54, 1.807) is 4.57 Å². The van der Waals surface area contributed by atoms with Crippen LogP contribution in [0.4, 0.5) is 5.69 Å². The van der Waals surface area contributed by atoms with E-state index in [1.165, 1.54) is 0 Å². The Kier molecular flexibility index (Phi) is 3.20. The molecule has 1 aromatic heterocycles. The maximum absolute atomic E-state index is 12.9. The first kappa shape index (κ1) is 13.8. The van der Waals surface area contributed by atoms with Crippen LogP contribution >= 0.6 is 0 Å². The van der Waals surface area contributed by atoms with Crippen LogP contribution in [0.2, 0.25) is 0 Å². The molecule has 2 aliphatic rings. The molecule has 5 heteroatoms. The first-order valence-electron chi connectivity index (χ1n) is 7.86. The Labute approximate surface area is 129 Å². The second kappa shape index (κ2) is 5.11. The fourth-order valence-electron chi connectivity index (χ4n) is 3.69. The van der Waals surface area contributed by atoms with Gasteiger partial charge in [-0.15, -0.1) is 0 Å². The van der Waals surface area contributed by atoms with Crippen molar-refractivity contribution in [2.45, 2.75) is 31.5 Å². The van der Waals surface area contributed by atoms with Crippen LogP contribution < -0.4 is 5.73 Å². The van der Waals surface area contributed by atoms with Crippen LogP contribution in [0, 0.1) is 5.92 Å². The summed E-state index contributed by atoms with van der Waals surface area (Å²) in [6, 6.07) is 7.66. The van der Waals surface area contributed by atoms with E-state index in [1.807, 2.05) is 30.5 Å². The highest BCUT2D eigenvalue weighted by Crippen LogP contribution is 2.39. The fourth-order valence-corrected chi connectivity index (χ4v) is 3.69. The Bertz CT molecular complexity index is 706. The maximum Gasteiger partial charge on any atom is 0.234 e. The van der Waals surface area contributed by atoms with Crippen LogP contribution in [0.3, 0.4) is 0 Å². The standard InChI is InChI=1S/C17H20N2O3/c18-14-3-1-2-12-6-9-19(15(12)14)16(20)13-4-7-17(8-5-13)21-10-11-22-17/h1-3,6,9,13H,4-5,7-8,10-11,18H2. The van der Waals surface area contributed by atoms with Gasteiger partial charge < -0.3 is 15.2 Å². The monoisotopic (exact) mass is 300 g/mol. The van der Waals surface area contributed by atoms with Crippen LogP contribution in [0.25, 0.3) is 10.9 Å². The van der Waals surface area contributed by atoms with E-state index in [-0.39, 0.29) is 11.8 Å². The first-order chi connectivity index (χ1) is 10.7. The molecular weight excluding hydrogens is 280 g/mol. The molecule has 5 nitrogen and oxygen atoms in total. The van der Waals surface area contributed by atoms with Crippen molar-refractivity contribution in [3.05, 3.63) is 30.5 Å². The number of para-hydroxylation sites is 1. The predicted molar refractivity (Wildman–Crippen MR) is 83.6 cm³/mol. The largest absolute Gasteiger partial charge is 0.397 e. The molecule has 0 radical (unpaired) electrons. The number of nitrogens with two attached hydrogens (primary N) is 1. The number of anilines is 1. The minimum absolute atomic E-state index is 0.00799. The molecule has 116 valence electrons. The zero-order chi connectivity index (χ0) is 15.2. The lowest BCUT2D eigenvalue weighted by Gasteiger charge is -2.34. The van der Waals surface area contributed by atoms with Gasteiger partial charge in [-0.3, -0.25) is 9.36 Å². The Morgan fingerprint density at radius 1 is 1.18 bits per heavy atom. The van der Waals surface area contributed by atoms with Gasteiger partial charge in [0.1, 0.15) is 0 Å². The molecule has 1 aliphatic heterocycles. The van der Waals surface area contributed by atoms with Crippen molar-refractivity contribution in [2.75, 3.05) is 18.9 Å². The highest BCUT2D eigenvalue weighted by atomic mass is 16.7. The minimum atomic E-state index is -0.422. The molecule has 2 aromatic rings. The molecule has 1 aliphatic carbocycles. The second-order valence-corrected chi connectivity index (χ2v) is 6.19. The Balaban J connectivity index is 1.57. The average Bonchev–Trinajstić information content (AvgIpc) is 3.16. The number of aromatic nitrogens is 1. The average molecular weight is 300 g/mol. The summed E-state index contributed by atoms with van der Waals surface area (Å²) in [6.07, 6.45) is 5.00. The van der Waals surface area contributed by atoms with Gasteiger partial charge in [0.15, 0.2) is 5.79 Å². The van der Waals surface area contributed by atoms with Crippen LogP contribution in [0.5, 0.6) is 0 Å². The number of nitrogens with zero attached hydrogens (tertiary/aromatic N) is 1. The molecule has 1 aromatic carbocycles. The molecule has 1 saturated carbocycles. The maximum atomic E-state index is 12.9. The van der Waals surface area contributed by atoms with Crippen molar-refractivity contribution >= 4 is 22.5 Å². The van der Waals surface area contributed by atoms with Gasteiger partial charge in [-0.1, -0.05) is 12.1 Å². The molecule has 1 saturated heterocycles. The minimum Gasteiger partial charge on any atom is -0.397 e. The van der Waals surface area contributed by atoms with E-state index >= 15 is 0 Å². The number of nitrogen functional groups attached to an aromatic ring is 1. The third kappa shape index (κ3) is 2.12. The highest BCUT2D eigenvalue weighted by molar-refractivity contribution is 5.99. The summed E-state index contributed by atoms with van der Waals surface area (Å²) < 4.78 is 13.2. The van der Waals surface area contributed by atoms with Gasteiger partial charge in [0.05, 0.1) is 24.4 Å². The van der Waals surface area contributed by atoms with E-state index in [2.05, 4.69) is 0 Å². The lowest BCUT2D eigenvalue weighted by atomic mass is 9.84. The summed E-state index contributed by atoms with van der Waals surface area (Å²) in [5.74, 6) is -0.288. The van der Waals surface area contributed by atoms with Gasteiger partial charge in [0.25, 0.3) is 0 Å². The lowest BCUT2D eigenvalue weighted by Crippen LogP contribution is -2.38. The van der Waals surface area contributed by atoms with Crippen molar-refractivity contribution in [2.24, 2.45) is 5.92 Å².